The highest BCUT2D eigenvalue weighted by Gasteiger charge is 2.37. The lowest BCUT2D eigenvalue weighted by Gasteiger charge is -2.26. The summed E-state index contributed by atoms with van der Waals surface area (Å²) < 4.78 is 0. The fraction of sp³-hybridized carbons (Fsp3) is 0.600. The predicted octanol–water partition coefficient (Wildman–Crippen LogP) is 5.30. The fourth-order valence-corrected chi connectivity index (χ4v) is 5.23. The standard InChI is InChI=1S/C20H26/c1-3-7-19-15(5-1)9-11-17(19)13-14-18-12-10-16-6-2-4-8-20(16)18/h1-8,15-20H,9-14H2/t15?,16?,17-,18+,19?,20?. The van der Waals surface area contributed by atoms with E-state index in [0.29, 0.717) is 0 Å². The van der Waals surface area contributed by atoms with Crippen molar-refractivity contribution >= 4 is 0 Å². The molecule has 0 aromatic carbocycles. The maximum absolute atomic E-state index is 2.49. The fourth-order valence-electron chi connectivity index (χ4n) is 5.23. The smallest absolute Gasteiger partial charge is 0.0139 e. The van der Waals surface area contributed by atoms with Crippen LogP contribution in [0.5, 0.6) is 0 Å². The van der Waals surface area contributed by atoms with Gasteiger partial charge in [0, 0.05) is 0 Å². The summed E-state index contributed by atoms with van der Waals surface area (Å²) in [4.78, 5) is 0. The zero-order valence-corrected chi connectivity index (χ0v) is 12.3. The van der Waals surface area contributed by atoms with Crippen molar-refractivity contribution in [3.63, 3.8) is 0 Å². The van der Waals surface area contributed by atoms with Crippen molar-refractivity contribution in [1.29, 1.82) is 0 Å². The Morgan fingerprint density at radius 2 is 1.00 bits per heavy atom. The number of hydrogen-bond donors (Lipinski definition) is 0. The van der Waals surface area contributed by atoms with Crippen LogP contribution in [0.2, 0.25) is 0 Å². The van der Waals surface area contributed by atoms with Crippen LogP contribution in [0.25, 0.3) is 0 Å². The third-order valence-corrected chi connectivity index (χ3v) is 6.33. The zero-order valence-electron chi connectivity index (χ0n) is 12.3. The normalized spacial score (nSPS) is 44.8. The minimum absolute atomic E-state index is 0.860. The first kappa shape index (κ1) is 12.7. The third kappa shape index (κ3) is 2.24. The van der Waals surface area contributed by atoms with Crippen molar-refractivity contribution < 1.29 is 0 Å². The lowest BCUT2D eigenvalue weighted by Crippen LogP contribution is -2.17. The molecule has 0 aromatic rings. The van der Waals surface area contributed by atoms with E-state index in [1.807, 2.05) is 0 Å². The molecule has 2 saturated carbocycles. The Morgan fingerprint density at radius 3 is 1.50 bits per heavy atom. The number of hydrogen-bond acceptors (Lipinski definition) is 0. The minimum atomic E-state index is 0.860. The molecule has 2 fully saturated rings. The van der Waals surface area contributed by atoms with Gasteiger partial charge in [-0.15, -0.1) is 0 Å². The predicted molar refractivity (Wildman–Crippen MR) is 85.2 cm³/mol. The molecule has 0 nitrogen and oxygen atoms in total. The Hall–Kier alpha value is -1.04. The Bertz CT molecular complexity index is 420. The lowest BCUT2D eigenvalue weighted by atomic mass is 9.79. The summed E-state index contributed by atoms with van der Waals surface area (Å²) >= 11 is 0. The second-order valence-corrected chi connectivity index (χ2v) is 7.27. The number of fused-ring (bicyclic) bond motifs is 2. The van der Waals surface area contributed by atoms with Gasteiger partial charge in [0.2, 0.25) is 0 Å². The molecule has 20 heavy (non-hydrogen) atoms. The summed E-state index contributed by atoms with van der Waals surface area (Å²) in [6, 6.07) is 0. The van der Waals surface area contributed by atoms with E-state index >= 15 is 0 Å². The van der Waals surface area contributed by atoms with Crippen molar-refractivity contribution in [1.82, 2.24) is 0 Å². The highest BCUT2D eigenvalue weighted by Crippen LogP contribution is 2.47. The third-order valence-electron chi connectivity index (χ3n) is 6.33. The Labute approximate surface area is 123 Å². The van der Waals surface area contributed by atoms with Crippen LogP contribution >= 0.6 is 0 Å². The number of rotatable bonds is 3. The second-order valence-electron chi connectivity index (χ2n) is 7.27. The van der Waals surface area contributed by atoms with Crippen LogP contribution in [0.3, 0.4) is 0 Å². The largest absolute Gasteiger partial charge is 0.0808 e. The highest BCUT2D eigenvalue weighted by atomic mass is 14.4. The molecule has 0 radical (unpaired) electrons. The molecule has 0 saturated heterocycles. The average molecular weight is 266 g/mol. The molecule has 0 spiro atoms. The first-order chi connectivity index (χ1) is 9.92. The van der Waals surface area contributed by atoms with Gasteiger partial charge in [0.1, 0.15) is 0 Å². The Kier molecular flexibility index (Phi) is 3.42. The van der Waals surface area contributed by atoms with Gasteiger partial charge in [-0.25, -0.2) is 0 Å². The van der Waals surface area contributed by atoms with E-state index in [9.17, 15) is 0 Å². The van der Waals surface area contributed by atoms with E-state index in [1.165, 1.54) is 38.5 Å². The molecule has 0 bridgehead atoms. The molecule has 0 amide bonds. The van der Waals surface area contributed by atoms with E-state index < -0.39 is 0 Å². The van der Waals surface area contributed by atoms with Crippen LogP contribution in [0, 0.1) is 35.5 Å². The van der Waals surface area contributed by atoms with Crippen LogP contribution in [0.1, 0.15) is 38.5 Å². The summed E-state index contributed by atoms with van der Waals surface area (Å²) in [7, 11) is 0. The summed E-state index contributed by atoms with van der Waals surface area (Å²) in [5.74, 6) is 5.36. The molecule has 6 atom stereocenters. The summed E-state index contributed by atoms with van der Waals surface area (Å²) in [6.45, 7) is 0. The molecule has 0 aromatic heterocycles. The van der Waals surface area contributed by atoms with Crippen molar-refractivity contribution in [2.45, 2.75) is 38.5 Å². The molecule has 0 aliphatic heterocycles. The molecule has 0 heteroatoms. The molecule has 4 aliphatic rings. The van der Waals surface area contributed by atoms with E-state index in [-0.39, 0.29) is 0 Å². The maximum atomic E-state index is 2.49. The quantitative estimate of drug-likeness (QED) is 0.650. The molecule has 4 unspecified atom stereocenters. The van der Waals surface area contributed by atoms with Crippen molar-refractivity contribution in [2.75, 3.05) is 0 Å². The van der Waals surface area contributed by atoms with Crippen LogP contribution in [0.15, 0.2) is 48.6 Å². The lowest BCUT2D eigenvalue weighted by molar-refractivity contribution is 0.316. The Balaban J connectivity index is 1.35. The first-order valence-corrected chi connectivity index (χ1v) is 8.62. The van der Waals surface area contributed by atoms with Gasteiger partial charge < -0.3 is 0 Å². The van der Waals surface area contributed by atoms with Gasteiger partial charge in [-0.2, -0.15) is 0 Å². The highest BCUT2D eigenvalue weighted by molar-refractivity contribution is 5.18. The maximum Gasteiger partial charge on any atom is -0.0139 e. The van der Waals surface area contributed by atoms with Crippen LogP contribution in [0.4, 0.5) is 0 Å². The first-order valence-electron chi connectivity index (χ1n) is 8.62. The van der Waals surface area contributed by atoms with Gasteiger partial charge >= 0.3 is 0 Å². The monoisotopic (exact) mass is 266 g/mol. The molecular weight excluding hydrogens is 240 g/mol. The van der Waals surface area contributed by atoms with E-state index in [4.69, 9.17) is 0 Å². The van der Waals surface area contributed by atoms with Crippen molar-refractivity contribution in [2.24, 2.45) is 35.5 Å². The van der Waals surface area contributed by atoms with E-state index in [2.05, 4.69) is 48.6 Å². The van der Waals surface area contributed by atoms with Gasteiger partial charge in [-0.1, -0.05) is 48.6 Å². The molecule has 4 rings (SSSR count). The van der Waals surface area contributed by atoms with Gasteiger partial charge in [-0.05, 0) is 74.0 Å². The minimum Gasteiger partial charge on any atom is -0.0808 e. The topological polar surface area (TPSA) is 0 Å². The van der Waals surface area contributed by atoms with Gasteiger partial charge in [0.05, 0.1) is 0 Å². The van der Waals surface area contributed by atoms with Crippen molar-refractivity contribution in [3.05, 3.63) is 48.6 Å². The van der Waals surface area contributed by atoms with Gasteiger partial charge in [0.15, 0.2) is 0 Å². The van der Waals surface area contributed by atoms with Crippen molar-refractivity contribution in [3.8, 4) is 0 Å². The molecule has 0 heterocycles. The average Bonchev–Trinajstić information content (AvgIpc) is 3.09. The number of allylic oxidation sites excluding steroid dienone is 8. The van der Waals surface area contributed by atoms with Crippen LogP contribution in [-0.2, 0) is 0 Å². The summed E-state index contributed by atoms with van der Waals surface area (Å²) in [5.41, 5.74) is 0. The van der Waals surface area contributed by atoms with Gasteiger partial charge in [0.25, 0.3) is 0 Å². The summed E-state index contributed by atoms with van der Waals surface area (Å²) in [6.07, 6.45) is 27.6. The molecule has 106 valence electrons. The van der Waals surface area contributed by atoms with Gasteiger partial charge in [-0.3, -0.25) is 0 Å². The zero-order chi connectivity index (χ0) is 13.4. The molecular formula is C20H26. The molecule has 0 N–H and O–H groups in total. The summed E-state index contributed by atoms with van der Waals surface area (Å²) in [5, 5.41) is 0. The Morgan fingerprint density at radius 1 is 0.550 bits per heavy atom. The van der Waals surface area contributed by atoms with Crippen LogP contribution < -0.4 is 0 Å². The molecule has 4 aliphatic carbocycles. The van der Waals surface area contributed by atoms with E-state index in [0.717, 1.165) is 35.5 Å². The SMILES string of the molecule is C1=CC2CC[C@H](CC[C@@H]3CCC4C=CC=CC43)C2C=C1. The van der Waals surface area contributed by atoms with E-state index in [1.54, 1.807) is 0 Å². The van der Waals surface area contributed by atoms with Crippen LogP contribution in [-0.4, -0.2) is 0 Å². The second kappa shape index (κ2) is 5.39.